The zero-order valence-corrected chi connectivity index (χ0v) is 24.1. The van der Waals surface area contributed by atoms with E-state index in [1.54, 1.807) is 25.1 Å². The Kier molecular flexibility index (Phi) is 10.6. The third kappa shape index (κ3) is 8.06. The number of halogens is 2. The number of rotatable bonds is 11. The van der Waals surface area contributed by atoms with Crippen molar-refractivity contribution >= 4 is 56.4 Å². The Morgan fingerprint density at radius 3 is 2.28 bits per heavy atom. The van der Waals surface area contributed by atoms with Crippen LogP contribution in [0.15, 0.2) is 42.5 Å². The lowest BCUT2D eigenvalue weighted by atomic mass is 9.95. The van der Waals surface area contributed by atoms with Gasteiger partial charge in [0.25, 0.3) is 5.69 Å². The van der Waals surface area contributed by atoms with Gasteiger partial charge < -0.3 is 10.2 Å². The lowest BCUT2D eigenvalue weighted by Gasteiger charge is -2.34. The zero-order chi connectivity index (χ0) is 28.7. The van der Waals surface area contributed by atoms with Gasteiger partial charge in [-0.15, -0.1) is 0 Å². The summed E-state index contributed by atoms with van der Waals surface area (Å²) < 4.78 is 26.3. The summed E-state index contributed by atoms with van der Waals surface area (Å²) in [5.41, 5.74) is 0.0430. The van der Waals surface area contributed by atoms with Crippen molar-refractivity contribution in [1.82, 2.24) is 10.2 Å². The van der Waals surface area contributed by atoms with E-state index in [-0.39, 0.29) is 36.3 Å². The molecule has 2 aromatic rings. The number of nitrogens with one attached hydrogen (secondary N) is 1. The van der Waals surface area contributed by atoms with Crippen LogP contribution in [-0.2, 0) is 26.2 Å². The molecule has 1 aliphatic carbocycles. The molecule has 212 valence electrons. The predicted octanol–water partition coefficient (Wildman–Crippen LogP) is 4.92. The second-order valence-electron chi connectivity index (χ2n) is 9.54. The minimum absolute atomic E-state index is 0.00135. The van der Waals surface area contributed by atoms with Crippen molar-refractivity contribution in [2.75, 3.05) is 17.1 Å². The molecule has 0 unspecified atom stereocenters. The molecule has 3 rings (SSSR count). The molecule has 1 atom stereocenters. The van der Waals surface area contributed by atoms with Crippen LogP contribution < -0.4 is 9.62 Å². The van der Waals surface area contributed by atoms with Crippen molar-refractivity contribution < 1.29 is 22.9 Å². The van der Waals surface area contributed by atoms with Gasteiger partial charge in [-0.2, -0.15) is 0 Å². The van der Waals surface area contributed by atoms with Gasteiger partial charge in [-0.25, -0.2) is 8.42 Å². The van der Waals surface area contributed by atoms with E-state index in [0.29, 0.717) is 15.6 Å². The van der Waals surface area contributed by atoms with E-state index in [4.69, 9.17) is 23.2 Å². The summed E-state index contributed by atoms with van der Waals surface area (Å²) >= 11 is 12.8. The van der Waals surface area contributed by atoms with Crippen LogP contribution in [0, 0.1) is 10.1 Å². The largest absolute Gasteiger partial charge is 0.352 e. The second kappa shape index (κ2) is 13.5. The van der Waals surface area contributed by atoms with Gasteiger partial charge in [0.1, 0.15) is 12.6 Å². The van der Waals surface area contributed by atoms with Crippen LogP contribution >= 0.6 is 23.2 Å². The number of nitro groups is 1. The maximum Gasteiger partial charge on any atom is 0.271 e. The van der Waals surface area contributed by atoms with Gasteiger partial charge in [0.15, 0.2) is 0 Å². The standard InChI is InChI=1S/C26H32Cl2N4O6S/c1-3-24(26(34)29-18-9-5-4-6-10-18)30(16-21-22(27)13-8-14-23(21)28)25(33)17-31(39(2,37)38)19-11-7-12-20(15-19)32(35)36/h7-8,11-15,18,24H,3-6,9-10,16-17H2,1-2H3,(H,29,34)/t24-/m1/s1. The quantitative estimate of drug-likeness (QED) is 0.288. The maximum absolute atomic E-state index is 13.8. The van der Waals surface area contributed by atoms with Crippen LogP contribution in [0.25, 0.3) is 0 Å². The molecule has 0 aliphatic heterocycles. The van der Waals surface area contributed by atoms with Gasteiger partial charge in [-0.1, -0.05) is 61.5 Å². The molecule has 1 fully saturated rings. The van der Waals surface area contributed by atoms with E-state index in [9.17, 15) is 28.1 Å². The Morgan fingerprint density at radius 1 is 1.10 bits per heavy atom. The third-order valence-electron chi connectivity index (χ3n) is 6.74. The SMILES string of the molecule is CC[C@H](C(=O)NC1CCCCC1)N(Cc1c(Cl)cccc1Cl)C(=O)CN(c1cccc([N+](=O)[O-])c1)S(C)(=O)=O. The summed E-state index contributed by atoms with van der Waals surface area (Å²) in [5.74, 6) is -1.03. The maximum atomic E-state index is 13.8. The van der Waals surface area contributed by atoms with Crippen LogP contribution in [0.1, 0.15) is 51.0 Å². The van der Waals surface area contributed by atoms with Crippen molar-refractivity contribution in [2.45, 2.75) is 64.1 Å². The predicted molar refractivity (Wildman–Crippen MR) is 151 cm³/mol. The molecule has 0 bridgehead atoms. The second-order valence-corrected chi connectivity index (χ2v) is 12.3. The molecule has 39 heavy (non-hydrogen) atoms. The molecule has 1 N–H and O–H groups in total. The van der Waals surface area contributed by atoms with Crippen molar-refractivity contribution in [3.8, 4) is 0 Å². The first-order chi connectivity index (χ1) is 18.4. The summed E-state index contributed by atoms with van der Waals surface area (Å²) in [6, 6.07) is 8.95. The number of nitrogens with zero attached hydrogens (tertiary/aromatic N) is 3. The number of carbonyl (C=O) groups is 2. The number of benzene rings is 2. The molecular weight excluding hydrogens is 567 g/mol. The molecule has 2 aromatic carbocycles. The summed E-state index contributed by atoms with van der Waals surface area (Å²) in [7, 11) is -4.04. The van der Waals surface area contributed by atoms with Gasteiger partial charge in [0.05, 0.1) is 16.9 Å². The average molecular weight is 600 g/mol. The van der Waals surface area contributed by atoms with Gasteiger partial charge >= 0.3 is 0 Å². The topological polar surface area (TPSA) is 130 Å². The first kappa shape index (κ1) is 30.6. The van der Waals surface area contributed by atoms with Gasteiger partial charge in [-0.3, -0.25) is 24.0 Å². The van der Waals surface area contributed by atoms with Crippen molar-refractivity contribution in [1.29, 1.82) is 0 Å². The van der Waals surface area contributed by atoms with Crippen molar-refractivity contribution in [2.24, 2.45) is 0 Å². The fraction of sp³-hybridized carbons (Fsp3) is 0.462. The highest BCUT2D eigenvalue weighted by Crippen LogP contribution is 2.28. The van der Waals surface area contributed by atoms with E-state index in [1.165, 1.54) is 23.1 Å². The number of nitro benzene ring substituents is 1. The molecule has 0 saturated heterocycles. The van der Waals surface area contributed by atoms with Crippen LogP contribution in [0.3, 0.4) is 0 Å². The first-order valence-corrected chi connectivity index (χ1v) is 15.3. The number of hydrogen-bond donors (Lipinski definition) is 1. The number of sulfonamides is 1. The Bertz CT molecular complexity index is 1300. The average Bonchev–Trinajstić information content (AvgIpc) is 2.88. The van der Waals surface area contributed by atoms with Gasteiger partial charge in [0.2, 0.25) is 21.8 Å². The van der Waals surface area contributed by atoms with E-state index in [0.717, 1.165) is 48.7 Å². The monoisotopic (exact) mass is 598 g/mol. The molecule has 1 aliphatic rings. The van der Waals surface area contributed by atoms with Crippen LogP contribution in [0.5, 0.6) is 0 Å². The van der Waals surface area contributed by atoms with Crippen molar-refractivity contribution in [3.63, 3.8) is 0 Å². The minimum atomic E-state index is -4.04. The van der Waals surface area contributed by atoms with E-state index in [1.807, 2.05) is 0 Å². The summed E-state index contributed by atoms with van der Waals surface area (Å²) in [6.45, 7) is 0.935. The lowest BCUT2D eigenvalue weighted by molar-refractivity contribution is -0.384. The van der Waals surface area contributed by atoms with Gasteiger partial charge in [-0.05, 0) is 37.5 Å². The molecule has 2 amide bonds. The van der Waals surface area contributed by atoms with Gasteiger partial charge in [0, 0.05) is 40.3 Å². The highest BCUT2D eigenvalue weighted by molar-refractivity contribution is 7.92. The fourth-order valence-corrected chi connectivity index (χ4v) is 6.05. The number of non-ortho nitro benzene ring substituents is 1. The van der Waals surface area contributed by atoms with Crippen molar-refractivity contribution in [3.05, 3.63) is 68.2 Å². The zero-order valence-electron chi connectivity index (χ0n) is 21.8. The lowest BCUT2D eigenvalue weighted by Crippen LogP contribution is -2.54. The first-order valence-electron chi connectivity index (χ1n) is 12.7. The molecule has 0 spiro atoms. The number of carbonyl (C=O) groups excluding carboxylic acids is 2. The van der Waals surface area contributed by atoms with Crippen LogP contribution in [0.4, 0.5) is 11.4 Å². The normalized spacial score (nSPS) is 14.9. The van der Waals surface area contributed by atoms with E-state index >= 15 is 0 Å². The highest BCUT2D eigenvalue weighted by atomic mass is 35.5. The highest BCUT2D eigenvalue weighted by Gasteiger charge is 2.33. The molecule has 0 heterocycles. The number of hydrogen-bond acceptors (Lipinski definition) is 6. The van der Waals surface area contributed by atoms with Crippen LogP contribution in [0.2, 0.25) is 10.0 Å². The third-order valence-corrected chi connectivity index (χ3v) is 8.58. The number of amides is 2. The molecular formula is C26H32Cl2N4O6S. The molecule has 0 radical (unpaired) electrons. The molecule has 1 saturated carbocycles. The molecule has 0 aromatic heterocycles. The Balaban J connectivity index is 1.98. The van der Waals surface area contributed by atoms with Crippen LogP contribution in [-0.4, -0.2) is 54.9 Å². The Morgan fingerprint density at radius 2 is 1.72 bits per heavy atom. The summed E-state index contributed by atoms with van der Waals surface area (Å²) in [6.07, 6.45) is 5.97. The smallest absolute Gasteiger partial charge is 0.271 e. The molecule has 13 heteroatoms. The Hall–Kier alpha value is -2.89. The van der Waals surface area contributed by atoms with E-state index in [2.05, 4.69) is 5.32 Å². The fourth-order valence-electron chi connectivity index (χ4n) is 4.69. The summed E-state index contributed by atoms with van der Waals surface area (Å²) in [5, 5.41) is 14.9. The Labute approximate surface area is 238 Å². The minimum Gasteiger partial charge on any atom is -0.352 e. The summed E-state index contributed by atoms with van der Waals surface area (Å²) in [4.78, 5) is 39.2. The van der Waals surface area contributed by atoms with E-state index < -0.39 is 33.4 Å². The number of anilines is 1. The molecule has 10 nitrogen and oxygen atoms in total.